The molecule has 0 fully saturated rings. The molecular weight excluding hydrogens is 746 g/mol. The number of hydrogen-bond donors (Lipinski definition) is 3. The number of aromatic carboxylic acids is 1. The van der Waals surface area contributed by atoms with Crippen molar-refractivity contribution in [1.29, 1.82) is 0 Å². The van der Waals surface area contributed by atoms with Crippen LogP contribution in [0.3, 0.4) is 0 Å². The molecule has 0 aliphatic rings. The fourth-order valence-electron chi connectivity index (χ4n) is 1.72. The predicted molar refractivity (Wildman–Crippen MR) is 114 cm³/mol. The summed E-state index contributed by atoms with van der Waals surface area (Å²) >= 11 is 7.76. The van der Waals surface area contributed by atoms with Gasteiger partial charge < -0.3 is 20.2 Å². The van der Waals surface area contributed by atoms with E-state index < -0.39 is 5.97 Å². The molecule has 3 N–H and O–H groups in total. The second kappa shape index (κ2) is 9.47. The summed E-state index contributed by atoms with van der Waals surface area (Å²) in [5, 5.41) is 27.5. The van der Waals surface area contributed by atoms with E-state index in [9.17, 15) is 14.7 Å². The van der Waals surface area contributed by atoms with Crippen molar-refractivity contribution in [2.45, 2.75) is 0 Å². The Bertz CT molecular complexity index is 573. The van der Waals surface area contributed by atoms with Crippen molar-refractivity contribution in [3.8, 4) is 0 Å². The summed E-state index contributed by atoms with van der Waals surface area (Å²) in [4.78, 5) is 25.4. The molecule has 1 aromatic rings. The first-order chi connectivity index (χ1) is 10.3. The Kier molecular flexibility index (Phi) is 9.06. The van der Waals surface area contributed by atoms with Gasteiger partial charge in [-0.2, -0.15) is 0 Å². The van der Waals surface area contributed by atoms with E-state index in [0.717, 1.165) is 0 Å². The molecule has 10 heteroatoms. The van der Waals surface area contributed by atoms with E-state index in [1.165, 1.54) is 4.90 Å². The van der Waals surface area contributed by atoms with Crippen LogP contribution in [-0.2, 0) is 0 Å². The van der Waals surface area contributed by atoms with E-state index in [1.54, 1.807) is 0 Å². The molecule has 0 saturated carbocycles. The molecule has 0 spiro atoms. The first kappa shape index (κ1) is 21.0. The lowest BCUT2D eigenvalue weighted by atomic mass is 10.1. The second-order valence-corrected chi connectivity index (χ2v) is 8.37. The first-order valence-electron chi connectivity index (χ1n) is 5.88. The van der Waals surface area contributed by atoms with Gasteiger partial charge in [0.25, 0.3) is 5.91 Å². The molecule has 0 atom stereocenters. The van der Waals surface area contributed by atoms with E-state index in [-0.39, 0.29) is 37.8 Å². The topological polar surface area (TPSA) is 98.1 Å². The molecule has 1 amide bonds. The Labute approximate surface area is 181 Å². The van der Waals surface area contributed by atoms with Crippen LogP contribution in [0, 0.1) is 14.3 Å². The van der Waals surface area contributed by atoms with Crippen molar-refractivity contribution >= 4 is 102 Å². The average molecular weight is 757 g/mol. The number of nitrogens with zero attached hydrogens (tertiary/aromatic N) is 1. The third-order valence-electron chi connectivity index (χ3n) is 2.72. The highest BCUT2D eigenvalue weighted by molar-refractivity contribution is 14.1. The van der Waals surface area contributed by atoms with Gasteiger partial charge in [-0.25, -0.2) is 4.79 Å². The molecule has 0 unspecified atom stereocenters. The largest absolute Gasteiger partial charge is 0.478 e. The minimum Gasteiger partial charge on any atom is -0.478 e. The van der Waals surface area contributed by atoms with Gasteiger partial charge in [0, 0.05) is 27.4 Å². The van der Waals surface area contributed by atoms with Crippen molar-refractivity contribution in [2.24, 2.45) is 0 Å². The lowest BCUT2D eigenvalue weighted by molar-refractivity contribution is 0.0674. The van der Waals surface area contributed by atoms with E-state index in [4.69, 9.17) is 10.2 Å². The fraction of sp³-hybridized carbons (Fsp3) is 0.333. The Balaban J connectivity index is 3.48. The molecule has 1 aromatic carbocycles. The van der Waals surface area contributed by atoms with Gasteiger partial charge in [-0.15, -0.1) is 0 Å². The lowest BCUT2D eigenvalue weighted by Gasteiger charge is -2.23. The quantitative estimate of drug-likeness (QED) is 0.306. The van der Waals surface area contributed by atoms with Gasteiger partial charge in [0.05, 0.1) is 24.3 Å². The molecule has 0 saturated heterocycles. The number of halogens is 4. The molecule has 0 aliphatic heterocycles. The summed E-state index contributed by atoms with van der Waals surface area (Å²) in [7, 11) is 0. The number of carbonyl (C=O) groups excluding carboxylic acids is 1. The fourth-order valence-corrected chi connectivity index (χ4v) is 5.83. The summed E-state index contributed by atoms with van der Waals surface area (Å²) in [6.45, 7) is -0.195. The number of carboxylic acids is 1. The molecular formula is C12H11I4NO5. The monoisotopic (exact) mass is 757 g/mol. The van der Waals surface area contributed by atoms with Crippen LogP contribution < -0.4 is 0 Å². The number of amides is 1. The SMILES string of the molecule is O=C(O)c1c(I)c(I)c(C(=O)N(CCO)CCO)c(I)c1I. The van der Waals surface area contributed by atoms with Gasteiger partial charge in [0.15, 0.2) is 0 Å². The molecule has 0 heterocycles. The van der Waals surface area contributed by atoms with Crippen molar-refractivity contribution in [2.75, 3.05) is 26.3 Å². The van der Waals surface area contributed by atoms with Crippen LogP contribution in [0.5, 0.6) is 0 Å². The molecule has 0 aromatic heterocycles. The highest BCUT2D eigenvalue weighted by Crippen LogP contribution is 2.33. The van der Waals surface area contributed by atoms with Crippen LogP contribution in [0.15, 0.2) is 0 Å². The minimum absolute atomic E-state index is 0.111. The first-order valence-corrected chi connectivity index (χ1v) is 10.2. The standard InChI is InChI=1S/C12H11I4NO5/c13-7-5(11(20)17(1-3-18)2-4-19)8(14)10(16)6(9(7)15)12(21)22/h18-19H,1-4H2,(H,21,22). The maximum Gasteiger partial charge on any atom is 0.337 e. The number of carboxylic acid groups (broad SMARTS) is 1. The summed E-state index contributed by atoms with van der Waals surface area (Å²) < 4.78 is 2.14. The van der Waals surface area contributed by atoms with Gasteiger partial charge in [-0.3, -0.25) is 4.79 Å². The van der Waals surface area contributed by atoms with Crippen molar-refractivity contribution < 1.29 is 24.9 Å². The number of aliphatic hydroxyl groups excluding tert-OH is 2. The zero-order valence-corrected chi connectivity index (χ0v) is 19.6. The van der Waals surface area contributed by atoms with Gasteiger partial charge in [-0.1, -0.05) is 0 Å². The Hall–Kier alpha value is 1.000. The molecule has 1 rings (SSSR count). The van der Waals surface area contributed by atoms with Crippen molar-refractivity contribution in [3.05, 3.63) is 25.4 Å². The Morgan fingerprint density at radius 1 is 0.818 bits per heavy atom. The van der Waals surface area contributed by atoms with Crippen LogP contribution in [0.25, 0.3) is 0 Å². The van der Waals surface area contributed by atoms with Crippen molar-refractivity contribution in [3.63, 3.8) is 0 Å². The average Bonchev–Trinajstić information content (AvgIpc) is 2.45. The van der Waals surface area contributed by atoms with Crippen LogP contribution in [0.4, 0.5) is 0 Å². The molecule has 122 valence electrons. The normalized spacial score (nSPS) is 10.6. The predicted octanol–water partition coefficient (Wildman–Crippen LogP) is 2.23. The number of benzene rings is 1. The maximum absolute atomic E-state index is 12.7. The third kappa shape index (κ3) is 4.54. The highest BCUT2D eigenvalue weighted by Gasteiger charge is 2.28. The van der Waals surface area contributed by atoms with Gasteiger partial charge >= 0.3 is 5.97 Å². The van der Waals surface area contributed by atoms with Crippen LogP contribution in [0.1, 0.15) is 20.7 Å². The number of aliphatic hydroxyl groups is 2. The minimum atomic E-state index is -1.04. The van der Waals surface area contributed by atoms with Crippen LogP contribution >= 0.6 is 90.4 Å². The van der Waals surface area contributed by atoms with Crippen LogP contribution in [-0.4, -0.2) is 58.4 Å². The Morgan fingerprint density at radius 2 is 1.18 bits per heavy atom. The molecule has 22 heavy (non-hydrogen) atoms. The van der Waals surface area contributed by atoms with E-state index in [1.807, 2.05) is 90.4 Å². The van der Waals surface area contributed by atoms with Gasteiger partial charge in [0.2, 0.25) is 0 Å². The summed E-state index contributed by atoms with van der Waals surface area (Å²) in [5.74, 6) is -1.36. The Morgan fingerprint density at radius 3 is 1.50 bits per heavy atom. The van der Waals surface area contributed by atoms with E-state index in [2.05, 4.69) is 0 Å². The van der Waals surface area contributed by atoms with Crippen LogP contribution in [0.2, 0.25) is 0 Å². The van der Waals surface area contributed by atoms with Crippen molar-refractivity contribution in [1.82, 2.24) is 4.90 Å². The molecule has 0 bridgehead atoms. The number of rotatable bonds is 6. The highest BCUT2D eigenvalue weighted by atomic mass is 127. The molecule has 6 nitrogen and oxygen atoms in total. The third-order valence-corrected chi connectivity index (χ3v) is 9.10. The lowest BCUT2D eigenvalue weighted by Crippen LogP contribution is -2.37. The van der Waals surface area contributed by atoms with Gasteiger partial charge in [-0.05, 0) is 90.4 Å². The smallest absolute Gasteiger partial charge is 0.337 e. The molecule has 0 radical (unpaired) electrons. The maximum atomic E-state index is 12.7. The van der Waals surface area contributed by atoms with E-state index in [0.29, 0.717) is 19.8 Å². The molecule has 0 aliphatic carbocycles. The second-order valence-electron chi connectivity index (χ2n) is 4.05. The number of hydrogen-bond acceptors (Lipinski definition) is 4. The zero-order valence-electron chi connectivity index (χ0n) is 10.9. The van der Waals surface area contributed by atoms with E-state index >= 15 is 0 Å². The van der Waals surface area contributed by atoms with Gasteiger partial charge in [0.1, 0.15) is 0 Å². The zero-order chi connectivity index (χ0) is 17.0. The number of carbonyl (C=O) groups is 2. The summed E-state index contributed by atoms with van der Waals surface area (Å²) in [6.07, 6.45) is 0. The summed E-state index contributed by atoms with van der Waals surface area (Å²) in [5.41, 5.74) is 0.587. The summed E-state index contributed by atoms with van der Waals surface area (Å²) in [6, 6.07) is 0.